The molecular formula is C16H24N2OS. The average Bonchev–Trinajstić information content (AvgIpc) is 2.47. The molecule has 20 heavy (non-hydrogen) atoms. The Morgan fingerprint density at radius 2 is 2.15 bits per heavy atom. The summed E-state index contributed by atoms with van der Waals surface area (Å²) in [5.74, 6) is 1.62. The maximum Gasteiger partial charge on any atom is 0.220 e. The second-order valence-corrected chi connectivity index (χ2v) is 6.97. The molecule has 1 heterocycles. The molecule has 110 valence electrons. The molecule has 0 bridgehead atoms. The number of hydrogen-bond acceptors (Lipinski definition) is 3. The first kappa shape index (κ1) is 15.2. The number of amides is 1. The van der Waals surface area contributed by atoms with Gasteiger partial charge in [-0.1, -0.05) is 25.5 Å². The fraction of sp³-hybridized carbons (Fsp3) is 0.562. The van der Waals surface area contributed by atoms with E-state index in [0.29, 0.717) is 11.7 Å². The van der Waals surface area contributed by atoms with E-state index in [2.05, 4.69) is 12.2 Å². The summed E-state index contributed by atoms with van der Waals surface area (Å²) in [5, 5.41) is 3.69. The second-order valence-electron chi connectivity index (χ2n) is 5.56. The van der Waals surface area contributed by atoms with Crippen LogP contribution >= 0.6 is 11.8 Å². The van der Waals surface area contributed by atoms with E-state index in [9.17, 15) is 4.79 Å². The maximum atomic E-state index is 12.0. The molecule has 0 aromatic heterocycles. The lowest BCUT2D eigenvalue weighted by molar-refractivity contribution is -0.121. The van der Waals surface area contributed by atoms with Crippen LogP contribution in [0.1, 0.15) is 44.1 Å². The van der Waals surface area contributed by atoms with E-state index in [1.807, 2.05) is 36.0 Å². The smallest absolute Gasteiger partial charge is 0.220 e. The molecule has 3 nitrogen and oxygen atoms in total. The topological polar surface area (TPSA) is 55.1 Å². The number of nitrogen functional groups attached to an aromatic ring is 1. The fourth-order valence-electron chi connectivity index (χ4n) is 2.49. The van der Waals surface area contributed by atoms with Crippen LogP contribution in [-0.2, 0) is 4.79 Å². The Morgan fingerprint density at radius 3 is 2.80 bits per heavy atom. The first-order chi connectivity index (χ1) is 9.65. The third-order valence-electron chi connectivity index (χ3n) is 3.80. The zero-order chi connectivity index (χ0) is 14.4. The van der Waals surface area contributed by atoms with Crippen LogP contribution in [0.25, 0.3) is 0 Å². The van der Waals surface area contributed by atoms with Crippen LogP contribution in [0.2, 0.25) is 0 Å². The van der Waals surface area contributed by atoms with Gasteiger partial charge in [0.2, 0.25) is 5.91 Å². The van der Waals surface area contributed by atoms with Crippen molar-refractivity contribution >= 4 is 23.4 Å². The lowest BCUT2D eigenvalue weighted by Crippen LogP contribution is -2.32. The molecule has 0 saturated carbocycles. The number of thioether (sulfide) groups is 1. The number of carbonyl (C=O) groups excluding carboxylic acids is 1. The predicted octanol–water partition coefficient (Wildman–Crippen LogP) is 3.16. The van der Waals surface area contributed by atoms with Crippen molar-refractivity contribution < 1.29 is 4.79 Å². The number of benzene rings is 1. The normalized spacial score (nSPS) is 20.4. The fourth-order valence-corrected chi connectivity index (χ4v) is 3.73. The first-order valence-electron chi connectivity index (χ1n) is 7.39. The summed E-state index contributed by atoms with van der Waals surface area (Å²) in [6, 6.07) is 7.79. The molecule has 1 amide bonds. The molecule has 0 radical (unpaired) electrons. The molecule has 0 spiro atoms. The van der Waals surface area contributed by atoms with Gasteiger partial charge in [-0.2, -0.15) is 11.8 Å². The summed E-state index contributed by atoms with van der Waals surface area (Å²) in [4.78, 5) is 12.0. The van der Waals surface area contributed by atoms with Gasteiger partial charge in [0, 0.05) is 23.9 Å². The van der Waals surface area contributed by atoms with Crippen molar-refractivity contribution in [2.24, 2.45) is 0 Å². The zero-order valence-corrected chi connectivity index (χ0v) is 12.9. The summed E-state index contributed by atoms with van der Waals surface area (Å²) < 4.78 is 0. The SMILES string of the molecule is CC(CC(=O)NCC1CCCCS1)c1ccc(N)cc1. The van der Waals surface area contributed by atoms with E-state index in [4.69, 9.17) is 5.73 Å². The molecule has 1 saturated heterocycles. The van der Waals surface area contributed by atoms with Crippen molar-refractivity contribution in [3.05, 3.63) is 29.8 Å². The lowest BCUT2D eigenvalue weighted by atomic mass is 9.97. The van der Waals surface area contributed by atoms with Gasteiger partial charge in [-0.15, -0.1) is 0 Å². The summed E-state index contributed by atoms with van der Waals surface area (Å²) in [5.41, 5.74) is 7.61. The Morgan fingerprint density at radius 1 is 1.40 bits per heavy atom. The van der Waals surface area contributed by atoms with E-state index in [1.165, 1.54) is 30.6 Å². The van der Waals surface area contributed by atoms with E-state index >= 15 is 0 Å². The van der Waals surface area contributed by atoms with Crippen LogP contribution in [-0.4, -0.2) is 23.5 Å². The van der Waals surface area contributed by atoms with Gasteiger partial charge >= 0.3 is 0 Å². The predicted molar refractivity (Wildman–Crippen MR) is 87.0 cm³/mol. The van der Waals surface area contributed by atoms with Gasteiger partial charge in [-0.25, -0.2) is 0 Å². The highest BCUT2D eigenvalue weighted by Gasteiger charge is 2.16. The Balaban J connectivity index is 1.74. The van der Waals surface area contributed by atoms with Gasteiger partial charge in [0.25, 0.3) is 0 Å². The van der Waals surface area contributed by atoms with Crippen molar-refractivity contribution in [2.75, 3.05) is 18.0 Å². The highest BCUT2D eigenvalue weighted by atomic mass is 32.2. The van der Waals surface area contributed by atoms with Crippen LogP contribution in [0.5, 0.6) is 0 Å². The Kier molecular flexibility index (Phi) is 5.77. The lowest BCUT2D eigenvalue weighted by Gasteiger charge is -2.21. The molecule has 2 atom stereocenters. The quantitative estimate of drug-likeness (QED) is 0.820. The van der Waals surface area contributed by atoms with Crippen LogP contribution in [0.4, 0.5) is 5.69 Å². The third kappa shape index (κ3) is 4.75. The summed E-state index contributed by atoms with van der Waals surface area (Å²) in [7, 11) is 0. The minimum absolute atomic E-state index is 0.153. The van der Waals surface area contributed by atoms with Crippen LogP contribution in [0.15, 0.2) is 24.3 Å². The van der Waals surface area contributed by atoms with Gasteiger partial charge in [0.1, 0.15) is 0 Å². The van der Waals surface area contributed by atoms with Gasteiger partial charge in [0.15, 0.2) is 0 Å². The van der Waals surface area contributed by atoms with Crippen molar-refractivity contribution in [3.8, 4) is 0 Å². The maximum absolute atomic E-state index is 12.0. The molecule has 2 rings (SSSR count). The molecule has 1 aliphatic heterocycles. The number of hydrogen-bond donors (Lipinski definition) is 2. The minimum atomic E-state index is 0.153. The van der Waals surface area contributed by atoms with Crippen molar-refractivity contribution in [2.45, 2.75) is 43.8 Å². The zero-order valence-electron chi connectivity index (χ0n) is 12.1. The van der Waals surface area contributed by atoms with Gasteiger partial charge in [-0.3, -0.25) is 4.79 Å². The molecule has 1 aromatic carbocycles. The second kappa shape index (κ2) is 7.58. The van der Waals surface area contributed by atoms with E-state index in [1.54, 1.807) is 0 Å². The van der Waals surface area contributed by atoms with Crippen LogP contribution in [0.3, 0.4) is 0 Å². The van der Waals surface area contributed by atoms with E-state index in [0.717, 1.165) is 12.2 Å². The molecular weight excluding hydrogens is 268 g/mol. The van der Waals surface area contributed by atoms with Crippen LogP contribution in [0, 0.1) is 0 Å². The highest BCUT2D eigenvalue weighted by Crippen LogP contribution is 2.24. The third-order valence-corrected chi connectivity index (χ3v) is 5.20. The van der Waals surface area contributed by atoms with Gasteiger partial charge in [-0.05, 0) is 42.2 Å². The van der Waals surface area contributed by atoms with Crippen LogP contribution < -0.4 is 11.1 Å². The molecule has 4 heteroatoms. The molecule has 3 N–H and O–H groups in total. The minimum Gasteiger partial charge on any atom is -0.399 e. The number of rotatable bonds is 5. The average molecular weight is 292 g/mol. The summed E-state index contributed by atoms with van der Waals surface area (Å²) >= 11 is 1.99. The molecule has 1 aliphatic rings. The van der Waals surface area contributed by atoms with E-state index in [-0.39, 0.29) is 11.8 Å². The van der Waals surface area contributed by atoms with Gasteiger partial charge < -0.3 is 11.1 Å². The Labute approximate surface area is 125 Å². The standard InChI is InChI=1S/C16H24N2OS/c1-12(13-5-7-14(17)8-6-13)10-16(19)18-11-15-4-2-3-9-20-15/h5-8,12,15H,2-4,9-11,17H2,1H3,(H,18,19). The molecule has 1 fully saturated rings. The number of nitrogens with one attached hydrogen (secondary N) is 1. The molecule has 2 unspecified atom stereocenters. The Hall–Kier alpha value is -1.16. The number of nitrogens with two attached hydrogens (primary N) is 1. The summed E-state index contributed by atoms with van der Waals surface area (Å²) in [6.45, 7) is 2.90. The molecule has 0 aliphatic carbocycles. The molecule has 1 aromatic rings. The van der Waals surface area contributed by atoms with Crippen molar-refractivity contribution in [1.29, 1.82) is 0 Å². The number of carbonyl (C=O) groups is 1. The monoisotopic (exact) mass is 292 g/mol. The van der Waals surface area contributed by atoms with Gasteiger partial charge in [0.05, 0.1) is 0 Å². The Bertz CT molecular complexity index is 427. The largest absolute Gasteiger partial charge is 0.399 e. The van der Waals surface area contributed by atoms with Crippen molar-refractivity contribution in [3.63, 3.8) is 0 Å². The van der Waals surface area contributed by atoms with Crippen molar-refractivity contribution in [1.82, 2.24) is 5.32 Å². The highest BCUT2D eigenvalue weighted by molar-refractivity contribution is 7.99. The first-order valence-corrected chi connectivity index (χ1v) is 8.44. The number of anilines is 1. The van der Waals surface area contributed by atoms with E-state index < -0.39 is 0 Å². The summed E-state index contributed by atoms with van der Waals surface area (Å²) in [6.07, 6.45) is 4.40.